The lowest BCUT2D eigenvalue weighted by atomic mass is 10.0. The van der Waals surface area contributed by atoms with Crippen LogP contribution in [0.4, 0.5) is 0 Å². The number of Topliss-reactive ketones (excluding diaryl/α,β-unsaturated/α-hetero) is 1. The third-order valence-corrected chi connectivity index (χ3v) is 4.52. The summed E-state index contributed by atoms with van der Waals surface area (Å²) in [5, 5.41) is 0. The summed E-state index contributed by atoms with van der Waals surface area (Å²) in [5.74, 6) is -0.124. The van der Waals surface area contributed by atoms with Crippen molar-refractivity contribution in [2.75, 3.05) is 26.2 Å². The monoisotopic (exact) mass is 337 g/mol. The maximum atomic E-state index is 12.9. The number of carbonyl (C=O) groups excluding carboxylic acids is 2. The molecular formula is C20H23N3O2. The van der Waals surface area contributed by atoms with E-state index in [1.165, 1.54) is 6.92 Å². The van der Waals surface area contributed by atoms with Crippen LogP contribution in [0.25, 0.3) is 0 Å². The van der Waals surface area contributed by atoms with Gasteiger partial charge in [0.1, 0.15) is 0 Å². The third-order valence-electron chi connectivity index (χ3n) is 4.52. The molecule has 1 aromatic heterocycles. The van der Waals surface area contributed by atoms with Gasteiger partial charge in [-0.05, 0) is 31.5 Å². The van der Waals surface area contributed by atoms with Gasteiger partial charge in [0.05, 0.1) is 11.3 Å². The van der Waals surface area contributed by atoms with Crippen molar-refractivity contribution in [1.82, 2.24) is 14.8 Å². The average molecular weight is 337 g/mol. The lowest BCUT2D eigenvalue weighted by Crippen LogP contribution is -2.35. The first-order valence-electron chi connectivity index (χ1n) is 8.66. The molecule has 0 N–H and O–H groups in total. The zero-order chi connectivity index (χ0) is 17.6. The molecule has 0 unspecified atom stereocenters. The van der Waals surface area contributed by atoms with E-state index in [0.717, 1.165) is 31.7 Å². The minimum atomic E-state index is -0.0736. The molecule has 0 saturated carbocycles. The Morgan fingerprint density at radius 3 is 2.44 bits per heavy atom. The average Bonchev–Trinajstić information content (AvgIpc) is 2.87. The maximum Gasteiger partial charge on any atom is 0.254 e. The fourth-order valence-electron chi connectivity index (χ4n) is 3.20. The second-order valence-electron chi connectivity index (χ2n) is 6.34. The molecule has 25 heavy (non-hydrogen) atoms. The van der Waals surface area contributed by atoms with Gasteiger partial charge < -0.3 is 4.90 Å². The van der Waals surface area contributed by atoms with E-state index in [1.807, 2.05) is 35.4 Å². The van der Waals surface area contributed by atoms with Gasteiger partial charge in [0.15, 0.2) is 5.78 Å². The molecular weight excluding hydrogens is 314 g/mol. The fourth-order valence-corrected chi connectivity index (χ4v) is 3.20. The van der Waals surface area contributed by atoms with E-state index in [0.29, 0.717) is 24.2 Å². The lowest BCUT2D eigenvalue weighted by molar-refractivity contribution is 0.0756. The normalized spacial score (nSPS) is 15.6. The lowest BCUT2D eigenvalue weighted by Gasteiger charge is -2.22. The van der Waals surface area contributed by atoms with Crippen molar-refractivity contribution >= 4 is 11.7 Å². The first-order chi connectivity index (χ1) is 12.1. The van der Waals surface area contributed by atoms with Crippen LogP contribution in [-0.2, 0) is 6.54 Å². The van der Waals surface area contributed by atoms with Crippen molar-refractivity contribution in [1.29, 1.82) is 0 Å². The zero-order valence-electron chi connectivity index (χ0n) is 14.5. The van der Waals surface area contributed by atoms with Gasteiger partial charge in [0, 0.05) is 44.5 Å². The van der Waals surface area contributed by atoms with Gasteiger partial charge in [-0.25, -0.2) is 0 Å². The highest BCUT2D eigenvalue weighted by Gasteiger charge is 2.23. The highest BCUT2D eigenvalue weighted by atomic mass is 16.2. The first-order valence-corrected chi connectivity index (χ1v) is 8.66. The number of hydrogen-bond donors (Lipinski definition) is 0. The van der Waals surface area contributed by atoms with Crippen LogP contribution in [0.5, 0.6) is 0 Å². The Morgan fingerprint density at radius 1 is 0.960 bits per heavy atom. The van der Waals surface area contributed by atoms with Crippen molar-refractivity contribution in [3.63, 3.8) is 0 Å². The molecule has 1 fully saturated rings. The first kappa shape index (κ1) is 17.3. The number of nitrogens with zero attached hydrogens (tertiary/aromatic N) is 3. The summed E-state index contributed by atoms with van der Waals surface area (Å²) < 4.78 is 0. The van der Waals surface area contributed by atoms with E-state index in [-0.39, 0.29) is 11.7 Å². The summed E-state index contributed by atoms with van der Waals surface area (Å²) >= 11 is 0. The van der Waals surface area contributed by atoms with Gasteiger partial charge in [0.25, 0.3) is 5.91 Å². The van der Waals surface area contributed by atoms with Crippen molar-refractivity contribution in [3.8, 4) is 0 Å². The van der Waals surface area contributed by atoms with Crippen molar-refractivity contribution in [2.24, 2.45) is 0 Å². The minimum absolute atomic E-state index is 0.0505. The third kappa shape index (κ3) is 4.31. The number of ketones is 1. The van der Waals surface area contributed by atoms with E-state index in [9.17, 15) is 9.59 Å². The summed E-state index contributed by atoms with van der Waals surface area (Å²) in [6.07, 6.45) is 2.72. The Kier molecular flexibility index (Phi) is 5.56. The molecule has 3 rings (SSSR count). The van der Waals surface area contributed by atoms with E-state index in [4.69, 9.17) is 0 Å². The Labute approximate surface area is 148 Å². The Bertz CT molecular complexity index is 746. The molecule has 1 saturated heterocycles. The molecule has 0 atom stereocenters. The van der Waals surface area contributed by atoms with Crippen LogP contribution in [0.15, 0.2) is 48.7 Å². The predicted octanol–water partition coefficient (Wildman–Crippen LogP) is 2.63. The molecule has 0 spiro atoms. The number of pyridine rings is 1. The molecule has 0 aliphatic carbocycles. The summed E-state index contributed by atoms with van der Waals surface area (Å²) in [4.78, 5) is 33.2. The van der Waals surface area contributed by atoms with Crippen LogP contribution in [0.2, 0.25) is 0 Å². The molecule has 0 radical (unpaired) electrons. The zero-order valence-corrected chi connectivity index (χ0v) is 14.5. The molecule has 0 bridgehead atoms. The number of carbonyl (C=O) groups is 2. The van der Waals surface area contributed by atoms with Crippen molar-refractivity contribution in [2.45, 2.75) is 19.9 Å². The van der Waals surface area contributed by atoms with E-state index in [2.05, 4.69) is 9.88 Å². The van der Waals surface area contributed by atoms with Gasteiger partial charge in [0.2, 0.25) is 0 Å². The Hall–Kier alpha value is -2.53. The molecule has 1 aliphatic heterocycles. The van der Waals surface area contributed by atoms with E-state index >= 15 is 0 Å². The summed E-state index contributed by atoms with van der Waals surface area (Å²) in [7, 11) is 0. The second kappa shape index (κ2) is 8.03. The second-order valence-corrected chi connectivity index (χ2v) is 6.34. The standard InChI is InChI=1S/C20H23N3O2/c1-16(24)18-8-2-3-9-19(18)20(25)23-12-6-11-22(13-14-23)15-17-7-4-5-10-21-17/h2-5,7-10H,6,11-15H2,1H3. The van der Waals surface area contributed by atoms with Crippen LogP contribution in [0.3, 0.4) is 0 Å². The van der Waals surface area contributed by atoms with Crippen LogP contribution >= 0.6 is 0 Å². The fraction of sp³-hybridized carbons (Fsp3) is 0.350. The Morgan fingerprint density at radius 2 is 1.72 bits per heavy atom. The van der Waals surface area contributed by atoms with Crippen LogP contribution in [0, 0.1) is 0 Å². The topological polar surface area (TPSA) is 53.5 Å². The van der Waals surface area contributed by atoms with Crippen molar-refractivity contribution < 1.29 is 9.59 Å². The quantitative estimate of drug-likeness (QED) is 0.805. The molecule has 130 valence electrons. The number of hydrogen-bond acceptors (Lipinski definition) is 4. The smallest absolute Gasteiger partial charge is 0.254 e. The van der Waals surface area contributed by atoms with Crippen LogP contribution < -0.4 is 0 Å². The molecule has 5 heteroatoms. The van der Waals surface area contributed by atoms with Gasteiger partial charge in [-0.15, -0.1) is 0 Å². The van der Waals surface area contributed by atoms with Gasteiger partial charge in [-0.3, -0.25) is 19.5 Å². The Balaban J connectivity index is 1.67. The van der Waals surface area contributed by atoms with Gasteiger partial charge in [-0.2, -0.15) is 0 Å². The molecule has 2 aromatic rings. The number of aromatic nitrogens is 1. The predicted molar refractivity (Wildman–Crippen MR) is 96.5 cm³/mol. The molecule has 2 heterocycles. The highest BCUT2D eigenvalue weighted by Crippen LogP contribution is 2.15. The van der Waals surface area contributed by atoms with E-state index in [1.54, 1.807) is 18.2 Å². The summed E-state index contributed by atoms with van der Waals surface area (Å²) in [6, 6.07) is 13.0. The van der Waals surface area contributed by atoms with Crippen LogP contribution in [0.1, 0.15) is 39.8 Å². The van der Waals surface area contributed by atoms with Gasteiger partial charge >= 0.3 is 0 Å². The molecule has 1 amide bonds. The molecule has 1 aromatic carbocycles. The number of rotatable bonds is 4. The van der Waals surface area contributed by atoms with E-state index < -0.39 is 0 Å². The van der Waals surface area contributed by atoms with Gasteiger partial charge in [-0.1, -0.05) is 24.3 Å². The summed E-state index contributed by atoms with van der Waals surface area (Å²) in [6.45, 7) is 5.43. The van der Waals surface area contributed by atoms with Crippen LogP contribution in [-0.4, -0.2) is 52.7 Å². The minimum Gasteiger partial charge on any atom is -0.337 e. The maximum absolute atomic E-state index is 12.9. The number of benzene rings is 1. The molecule has 1 aliphatic rings. The molecule has 5 nitrogen and oxygen atoms in total. The summed E-state index contributed by atoms with van der Waals surface area (Å²) in [5.41, 5.74) is 2.06. The number of amides is 1. The SMILES string of the molecule is CC(=O)c1ccccc1C(=O)N1CCCN(Cc2ccccn2)CC1. The van der Waals surface area contributed by atoms with Crippen molar-refractivity contribution in [3.05, 3.63) is 65.5 Å². The largest absolute Gasteiger partial charge is 0.337 e. The highest BCUT2D eigenvalue weighted by molar-refractivity contribution is 6.07.